The minimum absolute atomic E-state index is 0.142. The third-order valence-corrected chi connectivity index (χ3v) is 3.60. The molecule has 0 unspecified atom stereocenters. The Hall–Kier alpha value is -0.730. The predicted molar refractivity (Wildman–Crippen MR) is 60.7 cm³/mol. The summed E-state index contributed by atoms with van der Waals surface area (Å²) in [5.41, 5.74) is 0. The maximum atomic E-state index is 11.9. The van der Waals surface area contributed by atoms with Gasteiger partial charge in [-0.25, -0.2) is 4.79 Å². The van der Waals surface area contributed by atoms with Crippen molar-refractivity contribution in [3.8, 4) is 0 Å². The van der Waals surface area contributed by atoms with Crippen molar-refractivity contribution in [2.24, 2.45) is 11.8 Å². The Morgan fingerprint density at radius 3 is 2.00 bits per heavy atom. The molecule has 0 heterocycles. The molecule has 3 heteroatoms. The van der Waals surface area contributed by atoms with Crippen molar-refractivity contribution in [1.82, 2.24) is 10.2 Å². The van der Waals surface area contributed by atoms with E-state index in [0.29, 0.717) is 6.04 Å². The molecular weight excluding hydrogens is 188 g/mol. The summed E-state index contributed by atoms with van der Waals surface area (Å²) in [6.45, 7) is 5.69. The molecule has 0 radical (unpaired) electrons. The molecule has 0 aliphatic heterocycles. The van der Waals surface area contributed by atoms with Crippen molar-refractivity contribution in [3.05, 3.63) is 0 Å². The minimum Gasteiger partial charge on any atom is -0.335 e. The van der Waals surface area contributed by atoms with Gasteiger partial charge in [0.15, 0.2) is 0 Å². The molecule has 0 bridgehead atoms. The van der Waals surface area contributed by atoms with E-state index in [2.05, 4.69) is 5.32 Å². The molecular formula is C12H22N2O. The van der Waals surface area contributed by atoms with Gasteiger partial charge >= 0.3 is 6.03 Å². The Bertz CT molecular complexity index is 218. The van der Waals surface area contributed by atoms with Gasteiger partial charge in [-0.15, -0.1) is 0 Å². The molecule has 2 aliphatic rings. The molecule has 0 aromatic rings. The Kier molecular flexibility index (Phi) is 3.17. The van der Waals surface area contributed by atoms with Crippen LogP contribution in [0, 0.1) is 11.8 Å². The average molecular weight is 210 g/mol. The van der Waals surface area contributed by atoms with E-state index in [-0.39, 0.29) is 6.03 Å². The van der Waals surface area contributed by atoms with Crippen LogP contribution in [0.4, 0.5) is 4.79 Å². The lowest BCUT2D eigenvalue weighted by atomic mass is 10.1. The number of carbonyl (C=O) groups excluding carboxylic acids is 1. The first-order valence-electron chi connectivity index (χ1n) is 6.31. The summed E-state index contributed by atoms with van der Waals surface area (Å²) in [6, 6.07) is 0.627. The number of hydrogen-bond acceptors (Lipinski definition) is 1. The number of urea groups is 1. The highest BCUT2D eigenvalue weighted by Gasteiger charge is 2.42. The summed E-state index contributed by atoms with van der Waals surface area (Å²) in [5.74, 6) is 1.58. The lowest BCUT2D eigenvalue weighted by Crippen LogP contribution is -2.46. The van der Waals surface area contributed by atoms with Crippen LogP contribution >= 0.6 is 0 Å². The van der Waals surface area contributed by atoms with Gasteiger partial charge in [0.25, 0.3) is 0 Å². The smallest absolute Gasteiger partial charge is 0.317 e. The average Bonchev–Trinajstić information content (AvgIpc) is 3.08. The molecule has 1 N–H and O–H groups in total. The molecule has 0 atom stereocenters. The van der Waals surface area contributed by atoms with Gasteiger partial charge in [-0.05, 0) is 51.4 Å². The maximum Gasteiger partial charge on any atom is 0.317 e. The standard InChI is InChI=1S/C12H22N2O/c1-3-14(4-2)12(15)13-11(9-5-6-9)10-7-8-10/h9-11H,3-8H2,1-2H3,(H,13,15). The first-order chi connectivity index (χ1) is 7.26. The van der Waals surface area contributed by atoms with Crippen LogP contribution in [-0.2, 0) is 0 Å². The highest BCUT2D eigenvalue weighted by atomic mass is 16.2. The van der Waals surface area contributed by atoms with Crippen molar-refractivity contribution in [2.45, 2.75) is 45.6 Å². The van der Waals surface area contributed by atoms with Gasteiger partial charge in [0.05, 0.1) is 0 Å². The zero-order valence-corrected chi connectivity index (χ0v) is 9.83. The normalized spacial score (nSPS) is 20.5. The van der Waals surface area contributed by atoms with E-state index in [1.165, 1.54) is 25.7 Å². The van der Waals surface area contributed by atoms with E-state index >= 15 is 0 Å². The van der Waals surface area contributed by atoms with Crippen molar-refractivity contribution < 1.29 is 4.79 Å². The van der Waals surface area contributed by atoms with Crippen molar-refractivity contribution in [2.75, 3.05) is 13.1 Å². The quantitative estimate of drug-likeness (QED) is 0.741. The van der Waals surface area contributed by atoms with E-state index < -0.39 is 0 Å². The number of rotatable bonds is 5. The molecule has 2 aliphatic carbocycles. The molecule has 2 fully saturated rings. The van der Waals surface area contributed by atoms with Crippen molar-refractivity contribution in [3.63, 3.8) is 0 Å². The van der Waals surface area contributed by atoms with E-state index in [4.69, 9.17) is 0 Å². The molecule has 2 amide bonds. The van der Waals surface area contributed by atoms with Crippen LogP contribution in [0.15, 0.2) is 0 Å². The van der Waals surface area contributed by atoms with Crippen LogP contribution in [0.5, 0.6) is 0 Å². The van der Waals surface area contributed by atoms with E-state index in [0.717, 1.165) is 24.9 Å². The summed E-state index contributed by atoms with van der Waals surface area (Å²) in [6.07, 6.45) is 5.28. The van der Waals surface area contributed by atoms with Crippen LogP contribution in [-0.4, -0.2) is 30.1 Å². The zero-order valence-electron chi connectivity index (χ0n) is 9.83. The van der Waals surface area contributed by atoms with Gasteiger partial charge in [-0.1, -0.05) is 0 Å². The number of carbonyl (C=O) groups is 1. The van der Waals surface area contributed by atoms with E-state index in [1.807, 2.05) is 18.7 Å². The number of amides is 2. The van der Waals surface area contributed by atoms with Gasteiger partial charge in [0.2, 0.25) is 0 Å². The second kappa shape index (κ2) is 4.42. The van der Waals surface area contributed by atoms with Gasteiger partial charge in [0, 0.05) is 19.1 Å². The fraction of sp³-hybridized carbons (Fsp3) is 0.917. The summed E-state index contributed by atoms with van der Waals surface area (Å²) in [5, 5.41) is 3.23. The minimum atomic E-state index is 0.142. The Morgan fingerprint density at radius 1 is 1.20 bits per heavy atom. The number of nitrogens with zero attached hydrogens (tertiary/aromatic N) is 1. The van der Waals surface area contributed by atoms with Crippen molar-refractivity contribution in [1.29, 1.82) is 0 Å². The fourth-order valence-corrected chi connectivity index (χ4v) is 2.28. The predicted octanol–water partition coefficient (Wildman–Crippen LogP) is 2.23. The third-order valence-electron chi connectivity index (χ3n) is 3.60. The molecule has 0 spiro atoms. The number of hydrogen-bond donors (Lipinski definition) is 1. The summed E-state index contributed by atoms with van der Waals surface area (Å²) in [4.78, 5) is 13.8. The summed E-state index contributed by atoms with van der Waals surface area (Å²) < 4.78 is 0. The maximum absolute atomic E-state index is 11.9. The summed E-state index contributed by atoms with van der Waals surface area (Å²) >= 11 is 0. The highest BCUT2D eigenvalue weighted by molar-refractivity contribution is 5.74. The van der Waals surface area contributed by atoms with Crippen LogP contribution in [0.25, 0.3) is 0 Å². The molecule has 3 nitrogen and oxygen atoms in total. The van der Waals surface area contributed by atoms with Crippen molar-refractivity contribution >= 4 is 6.03 Å². The Morgan fingerprint density at radius 2 is 1.67 bits per heavy atom. The first-order valence-corrected chi connectivity index (χ1v) is 6.31. The highest BCUT2D eigenvalue weighted by Crippen LogP contribution is 2.44. The van der Waals surface area contributed by atoms with Gasteiger partial charge < -0.3 is 10.2 Å². The van der Waals surface area contributed by atoms with Crippen LogP contribution in [0.2, 0.25) is 0 Å². The van der Waals surface area contributed by atoms with E-state index in [9.17, 15) is 4.79 Å². The van der Waals surface area contributed by atoms with Gasteiger partial charge in [-0.3, -0.25) is 0 Å². The SMILES string of the molecule is CCN(CC)C(=O)NC(C1CC1)C1CC1. The molecule has 0 aromatic heterocycles. The largest absolute Gasteiger partial charge is 0.335 e. The van der Waals surface area contributed by atoms with Gasteiger partial charge in [-0.2, -0.15) is 0 Å². The third kappa shape index (κ3) is 2.64. The van der Waals surface area contributed by atoms with E-state index in [1.54, 1.807) is 0 Å². The van der Waals surface area contributed by atoms with Crippen LogP contribution in [0.1, 0.15) is 39.5 Å². The first kappa shape index (κ1) is 10.8. The molecule has 2 saturated carbocycles. The topological polar surface area (TPSA) is 32.3 Å². The molecule has 86 valence electrons. The van der Waals surface area contributed by atoms with Gasteiger partial charge in [0.1, 0.15) is 0 Å². The second-order valence-corrected chi connectivity index (χ2v) is 4.82. The van der Waals surface area contributed by atoms with Crippen LogP contribution < -0.4 is 5.32 Å². The monoisotopic (exact) mass is 210 g/mol. The molecule has 15 heavy (non-hydrogen) atoms. The molecule has 2 rings (SSSR count). The fourth-order valence-electron chi connectivity index (χ4n) is 2.28. The van der Waals surface area contributed by atoms with Crippen LogP contribution in [0.3, 0.4) is 0 Å². The zero-order chi connectivity index (χ0) is 10.8. The second-order valence-electron chi connectivity index (χ2n) is 4.82. The molecule has 0 aromatic carbocycles. The summed E-state index contributed by atoms with van der Waals surface area (Å²) in [7, 11) is 0. The lowest BCUT2D eigenvalue weighted by Gasteiger charge is -2.24. The molecule has 0 saturated heterocycles. The lowest BCUT2D eigenvalue weighted by molar-refractivity contribution is 0.195. The Balaban J connectivity index is 1.84. The Labute approximate surface area is 92.2 Å². The number of nitrogens with one attached hydrogen (secondary N) is 1.